The summed E-state index contributed by atoms with van der Waals surface area (Å²) in [5.74, 6) is 0. The van der Waals surface area contributed by atoms with Crippen LogP contribution in [0.5, 0.6) is 0 Å². The van der Waals surface area contributed by atoms with E-state index in [0.29, 0.717) is 0 Å². The predicted molar refractivity (Wildman–Crippen MR) is 39.9 cm³/mol. The number of hydrogen-bond donors (Lipinski definition) is 0. The van der Waals surface area contributed by atoms with Crippen LogP contribution in [0.1, 0.15) is 20.8 Å². The number of nitrogens with zero attached hydrogens (tertiary/aromatic N) is 1. The Labute approximate surface area is 62.0 Å². The van der Waals surface area contributed by atoms with Crippen LogP contribution in [0.4, 0.5) is 4.79 Å². The van der Waals surface area contributed by atoms with Gasteiger partial charge in [-0.25, -0.2) is 4.79 Å². The van der Waals surface area contributed by atoms with E-state index in [1.165, 1.54) is 0 Å². The second-order valence-electron chi connectivity index (χ2n) is 2.29. The molecule has 10 heavy (non-hydrogen) atoms. The van der Waals surface area contributed by atoms with Crippen molar-refractivity contribution in [2.45, 2.75) is 26.9 Å². The van der Waals surface area contributed by atoms with Crippen molar-refractivity contribution in [2.75, 3.05) is 13.6 Å². The van der Waals surface area contributed by atoms with Gasteiger partial charge in [0.25, 0.3) is 0 Å². The molecule has 60 valence electrons. The molecule has 1 unspecified atom stereocenters. The number of likely N-dealkylation sites (N-methyl/N-ethyl adjacent to an activating group) is 1. The first-order valence-corrected chi connectivity index (χ1v) is 3.15. The van der Waals surface area contributed by atoms with Crippen molar-refractivity contribution in [2.24, 2.45) is 0 Å². The zero-order valence-corrected chi connectivity index (χ0v) is 5.76. The Morgan fingerprint density at radius 1 is 1.80 bits per heavy atom. The minimum atomic E-state index is -0.193. The Morgan fingerprint density at radius 2 is 2.40 bits per heavy atom. The highest BCUT2D eigenvalue weighted by Gasteiger charge is 2.25. The van der Waals surface area contributed by atoms with Crippen LogP contribution in [0.15, 0.2) is 0 Å². The van der Waals surface area contributed by atoms with Crippen LogP contribution in [-0.2, 0) is 4.74 Å². The van der Waals surface area contributed by atoms with E-state index in [1.807, 2.05) is 6.92 Å². The topological polar surface area (TPSA) is 29.5 Å². The third-order valence-electron chi connectivity index (χ3n) is 1.51. The molecule has 1 aliphatic rings. The van der Waals surface area contributed by atoms with E-state index in [4.69, 9.17) is 4.74 Å². The maximum absolute atomic E-state index is 10.6. The SMILES string of the molecule is C.CCC1CN(C)C(=O)O1. The number of ether oxygens (including phenoxy) is 1. The largest absolute Gasteiger partial charge is 0.444 e. The molecule has 1 saturated heterocycles. The van der Waals surface area contributed by atoms with Gasteiger partial charge in [-0.15, -0.1) is 0 Å². The Kier molecular flexibility index (Phi) is 3.19. The smallest absolute Gasteiger partial charge is 0.409 e. The van der Waals surface area contributed by atoms with Crippen molar-refractivity contribution in [1.82, 2.24) is 4.90 Å². The van der Waals surface area contributed by atoms with E-state index < -0.39 is 0 Å². The van der Waals surface area contributed by atoms with Gasteiger partial charge >= 0.3 is 6.09 Å². The monoisotopic (exact) mass is 145 g/mol. The van der Waals surface area contributed by atoms with Crippen LogP contribution in [0.2, 0.25) is 0 Å². The zero-order chi connectivity index (χ0) is 6.85. The number of cyclic esters (lactones) is 1. The van der Waals surface area contributed by atoms with E-state index in [-0.39, 0.29) is 19.6 Å². The van der Waals surface area contributed by atoms with Gasteiger partial charge in [-0.1, -0.05) is 14.4 Å². The first-order chi connectivity index (χ1) is 4.24. The van der Waals surface area contributed by atoms with E-state index in [9.17, 15) is 4.79 Å². The van der Waals surface area contributed by atoms with Gasteiger partial charge in [0.05, 0.1) is 6.54 Å². The predicted octanol–water partition coefficient (Wildman–Crippen LogP) is 1.48. The van der Waals surface area contributed by atoms with Gasteiger partial charge in [0.15, 0.2) is 0 Å². The summed E-state index contributed by atoms with van der Waals surface area (Å²) in [4.78, 5) is 12.2. The van der Waals surface area contributed by atoms with E-state index >= 15 is 0 Å². The molecular weight excluding hydrogens is 130 g/mol. The van der Waals surface area contributed by atoms with Crippen molar-refractivity contribution in [3.8, 4) is 0 Å². The fourth-order valence-corrected chi connectivity index (χ4v) is 0.862. The number of carbonyl (C=O) groups is 1. The molecule has 0 N–H and O–H groups in total. The number of amides is 1. The third kappa shape index (κ3) is 1.62. The molecule has 0 radical (unpaired) electrons. The summed E-state index contributed by atoms with van der Waals surface area (Å²) >= 11 is 0. The van der Waals surface area contributed by atoms with Crippen molar-refractivity contribution in [1.29, 1.82) is 0 Å². The highest BCUT2D eigenvalue weighted by atomic mass is 16.6. The highest BCUT2D eigenvalue weighted by Crippen LogP contribution is 2.10. The molecule has 3 nitrogen and oxygen atoms in total. The fourth-order valence-electron chi connectivity index (χ4n) is 0.862. The molecule has 1 heterocycles. The number of carbonyl (C=O) groups excluding carboxylic acids is 1. The molecule has 0 saturated carbocycles. The summed E-state index contributed by atoms with van der Waals surface area (Å²) in [5, 5.41) is 0. The van der Waals surface area contributed by atoms with Gasteiger partial charge in [-0.3, -0.25) is 0 Å². The zero-order valence-electron chi connectivity index (χ0n) is 5.76. The molecule has 0 aromatic carbocycles. The van der Waals surface area contributed by atoms with Crippen LogP contribution in [-0.4, -0.2) is 30.7 Å². The summed E-state index contributed by atoms with van der Waals surface area (Å²) in [6.07, 6.45) is 0.847. The van der Waals surface area contributed by atoms with E-state index in [0.717, 1.165) is 13.0 Å². The van der Waals surface area contributed by atoms with E-state index in [2.05, 4.69) is 0 Å². The fraction of sp³-hybridized carbons (Fsp3) is 0.857. The lowest BCUT2D eigenvalue weighted by Crippen LogP contribution is -2.18. The number of hydrogen-bond acceptors (Lipinski definition) is 2. The summed E-state index contributed by atoms with van der Waals surface area (Å²) in [7, 11) is 1.75. The molecule has 0 aliphatic carbocycles. The number of rotatable bonds is 1. The first-order valence-electron chi connectivity index (χ1n) is 3.15. The Bertz CT molecular complexity index is 125. The van der Waals surface area contributed by atoms with Gasteiger partial charge in [0.2, 0.25) is 0 Å². The van der Waals surface area contributed by atoms with Gasteiger partial charge < -0.3 is 9.64 Å². The van der Waals surface area contributed by atoms with Crippen LogP contribution in [0.3, 0.4) is 0 Å². The van der Waals surface area contributed by atoms with Crippen molar-refractivity contribution < 1.29 is 9.53 Å². The molecule has 1 rings (SSSR count). The Balaban J connectivity index is 0.000000810. The molecular formula is C7H15NO2. The first kappa shape index (κ1) is 9.27. The molecule has 1 atom stereocenters. The Morgan fingerprint density at radius 3 is 2.60 bits per heavy atom. The molecule has 1 aliphatic heterocycles. The molecule has 1 amide bonds. The quantitative estimate of drug-likeness (QED) is 0.559. The normalized spacial score (nSPS) is 24.0. The van der Waals surface area contributed by atoms with E-state index in [1.54, 1.807) is 11.9 Å². The average Bonchev–Trinajstić information content (AvgIpc) is 2.13. The molecule has 0 spiro atoms. The standard InChI is InChI=1S/C6H11NO2.CH4/c1-3-5-4-7(2)6(8)9-5;/h5H,3-4H2,1-2H3;1H4. The second-order valence-corrected chi connectivity index (χ2v) is 2.29. The lowest BCUT2D eigenvalue weighted by molar-refractivity contribution is 0.132. The minimum absolute atomic E-state index is 0. The highest BCUT2D eigenvalue weighted by molar-refractivity contribution is 5.69. The lowest BCUT2D eigenvalue weighted by atomic mass is 10.3. The summed E-state index contributed by atoms with van der Waals surface area (Å²) in [6, 6.07) is 0. The molecule has 0 aromatic heterocycles. The lowest BCUT2D eigenvalue weighted by Gasteiger charge is -2.01. The summed E-state index contributed by atoms with van der Waals surface area (Å²) < 4.78 is 4.91. The maximum atomic E-state index is 10.6. The average molecular weight is 145 g/mol. The molecule has 3 heteroatoms. The van der Waals surface area contributed by atoms with Crippen LogP contribution in [0.25, 0.3) is 0 Å². The molecule has 0 bridgehead atoms. The Hall–Kier alpha value is -0.730. The van der Waals surface area contributed by atoms with Gasteiger partial charge in [-0.2, -0.15) is 0 Å². The molecule has 0 aromatic rings. The maximum Gasteiger partial charge on any atom is 0.409 e. The van der Waals surface area contributed by atoms with Crippen LogP contribution < -0.4 is 0 Å². The minimum Gasteiger partial charge on any atom is -0.444 e. The summed E-state index contributed by atoms with van der Waals surface area (Å²) in [5.41, 5.74) is 0. The summed E-state index contributed by atoms with van der Waals surface area (Å²) in [6.45, 7) is 2.76. The van der Waals surface area contributed by atoms with Gasteiger partial charge in [0.1, 0.15) is 6.10 Å². The van der Waals surface area contributed by atoms with Crippen molar-refractivity contribution in [3.05, 3.63) is 0 Å². The van der Waals surface area contributed by atoms with Crippen molar-refractivity contribution >= 4 is 6.09 Å². The molecule has 1 fully saturated rings. The third-order valence-corrected chi connectivity index (χ3v) is 1.51. The van der Waals surface area contributed by atoms with Crippen molar-refractivity contribution in [3.63, 3.8) is 0 Å². The van der Waals surface area contributed by atoms with Crippen LogP contribution >= 0.6 is 0 Å². The van der Waals surface area contributed by atoms with Gasteiger partial charge in [-0.05, 0) is 6.42 Å². The van der Waals surface area contributed by atoms with Gasteiger partial charge in [0, 0.05) is 7.05 Å². The van der Waals surface area contributed by atoms with Crippen LogP contribution in [0, 0.1) is 0 Å². The second kappa shape index (κ2) is 3.44.